The van der Waals surface area contributed by atoms with Crippen LogP contribution in [0.1, 0.15) is 19.3 Å². The predicted molar refractivity (Wildman–Crippen MR) is 84.4 cm³/mol. The van der Waals surface area contributed by atoms with Gasteiger partial charge in [0.25, 0.3) is 0 Å². The van der Waals surface area contributed by atoms with Crippen LogP contribution >= 0.6 is 0 Å². The van der Waals surface area contributed by atoms with Crippen molar-refractivity contribution in [2.24, 2.45) is 0 Å². The van der Waals surface area contributed by atoms with Gasteiger partial charge in [-0.3, -0.25) is 0 Å². The molecule has 0 saturated carbocycles. The fraction of sp³-hybridized carbons (Fsp3) is 0.158. The minimum Gasteiger partial charge on any atom is -0.0885 e. The predicted octanol–water partition coefficient (Wildman–Crippen LogP) is 5.72. The van der Waals surface area contributed by atoms with Crippen molar-refractivity contribution in [3.8, 4) is 0 Å². The molecule has 0 amide bonds. The first-order valence-corrected chi connectivity index (χ1v) is 6.97. The van der Waals surface area contributed by atoms with Crippen molar-refractivity contribution in [1.82, 2.24) is 0 Å². The monoisotopic (exact) mass is 246 g/mol. The second-order valence-electron chi connectivity index (χ2n) is 4.91. The normalized spacial score (nSPS) is 13.5. The van der Waals surface area contributed by atoms with E-state index < -0.39 is 0 Å². The van der Waals surface area contributed by atoms with Crippen LogP contribution in [0.25, 0.3) is 21.5 Å². The van der Waals surface area contributed by atoms with Gasteiger partial charge in [0.1, 0.15) is 0 Å². The zero-order valence-corrected chi connectivity index (χ0v) is 11.0. The Labute approximate surface area is 114 Å². The molecule has 0 nitrogen and oxygen atoms in total. The molecule has 0 saturated heterocycles. The maximum atomic E-state index is 2.24. The largest absolute Gasteiger partial charge is 0.0885 e. The highest BCUT2D eigenvalue weighted by atomic mass is 14.0. The molecule has 0 heterocycles. The van der Waals surface area contributed by atoms with Crippen molar-refractivity contribution in [2.45, 2.75) is 19.3 Å². The van der Waals surface area contributed by atoms with E-state index in [2.05, 4.69) is 72.8 Å². The molecule has 0 bridgehead atoms. The van der Waals surface area contributed by atoms with E-state index in [0.717, 1.165) is 0 Å². The first-order chi connectivity index (χ1) is 9.45. The Hall–Kier alpha value is -2.08. The number of hydrogen-bond donors (Lipinski definition) is 0. The number of fused-ring (bicyclic) bond motifs is 3. The zero-order chi connectivity index (χ0) is 12.9. The molecule has 1 aliphatic rings. The van der Waals surface area contributed by atoms with E-state index in [1.165, 1.54) is 40.8 Å². The summed E-state index contributed by atoms with van der Waals surface area (Å²) < 4.78 is 0. The summed E-state index contributed by atoms with van der Waals surface area (Å²) in [5.41, 5.74) is 0. The molecule has 4 rings (SSSR count). The van der Waals surface area contributed by atoms with Crippen LogP contribution in [0, 0.1) is 0 Å². The smallest absolute Gasteiger partial charge is 0.0105 e. The van der Waals surface area contributed by atoms with Crippen molar-refractivity contribution in [3.63, 3.8) is 0 Å². The summed E-state index contributed by atoms with van der Waals surface area (Å²) in [5.74, 6) is 0. The Bertz CT molecular complexity index is 646. The third-order valence-corrected chi connectivity index (χ3v) is 3.56. The minimum absolute atomic E-state index is 1.31. The molecule has 3 aromatic rings. The van der Waals surface area contributed by atoms with Crippen LogP contribution in [0.4, 0.5) is 0 Å². The van der Waals surface area contributed by atoms with Gasteiger partial charge < -0.3 is 0 Å². The van der Waals surface area contributed by atoms with Crippen LogP contribution in [0.3, 0.4) is 0 Å². The molecule has 0 aliphatic heterocycles. The average molecular weight is 246 g/mol. The molecule has 0 N–H and O–H groups in total. The maximum absolute atomic E-state index is 2.24. The lowest BCUT2D eigenvalue weighted by Crippen LogP contribution is -1.75. The minimum atomic E-state index is 1.31. The Morgan fingerprint density at radius 2 is 1.00 bits per heavy atom. The highest BCUT2D eigenvalue weighted by Gasteiger charge is 1.97. The summed E-state index contributed by atoms with van der Waals surface area (Å²) in [6, 6.07) is 21.4. The van der Waals surface area contributed by atoms with Gasteiger partial charge in [-0.1, -0.05) is 72.8 Å². The van der Waals surface area contributed by atoms with Gasteiger partial charge in [-0.15, -0.1) is 0 Å². The number of benzene rings is 3. The van der Waals surface area contributed by atoms with Crippen molar-refractivity contribution in [3.05, 3.63) is 72.8 Å². The SMILES string of the molecule is C1=CCCC1.c1ccc2c(c1)ccc1ccccc12. The number of allylic oxidation sites excluding steroid dienone is 2. The second kappa shape index (κ2) is 5.71. The van der Waals surface area contributed by atoms with E-state index >= 15 is 0 Å². The third kappa shape index (κ3) is 2.68. The van der Waals surface area contributed by atoms with Crippen molar-refractivity contribution in [2.75, 3.05) is 0 Å². The lowest BCUT2D eigenvalue weighted by molar-refractivity contribution is 0.929. The van der Waals surface area contributed by atoms with E-state index in [0.29, 0.717) is 0 Å². The Balaban J connectivity index is 0.000000187. The van der Waals surface area contributed by atoms with E-state index in [1.54, 1.807) is 0 Å². The molecule has 0 fully saturated rings. The summed E-state index contributed by atoms with van der Waals surface area (Å²) in [6.45, 7) is 0. The molecule has 0 unspecified atom stereocenters. The lowest BCUT2D eigenvalue weighted by atomic mass is 10.0. The van der Waals surface area contributed by atoms with Crippen LogP contribution in [0.5, 0.6) is 0 Å². The Morgan fingerprint density at radius 1 is 0.526 bits per heavy atom. The van der Waals surface area contributed by atoms with Gasteiger partial charge in [0, 0.05) is 0 Å². The highest BCUT2D eigenvalue weighted by Crippen LogP contribution is 2.24. The molecular formula is C19H18. The average Bonchev–Trinajstić information content (AvgIpc) is 3.07. The lowest BCUT2D eigenvalue weighted by Gasteiger charge is -2.02. The van der Waals surface area contributed by atoms with E-state index in [1.807, 2.05) is 0 Å². The maximum Gasteiger partial charge on any atom is -0.0105 e. The number of rotatable bonds is 0. The highest BCUT2D eigenvalue weighted by molar-refractivity contribution is 6.07. The number of hydrogen-bond acceptors (Lipinski definition) is 0. The third-order valence-electron chi connectivity index (χ3n) is 3.56. The molecule has 94 valence electrons. The standard InChI is InChI=1S/C14H10.C5H8/c1-3-7-13-11(5-1)9-10-12-6-2-4-8-14(12)13;1-2-4-5-3-1/h1-10H;1-2H,3-5H2. The molecule has 3 aromatic carbocycles. The van der Waals surface area contributed by atoms with Crippen molar-refractivity contribution in [1.29, 1.82) is 0 Å². The summed E-state index contributed by atoms with van der Waals surface area (Å²) >= 11 is 0. The summed E-state index contributed by atoms with van der Waals surface area (Å²) in [7, 11) is 0. The van der Waals surface area contributed by atoms with Crippen LogP contribution < -0.4 is 0 Å². The van der Waals surface area contributed by atoms with E-state index in [9.17, 15) is 0 Å². The van der Waals surface area contributed by atoms with Gasteiger partial charge in [-0.2, -0.15) is 0 Å². The summed E-state index contributed by atoms with van der Waals surface area (Å²) in [5, 5.41) is 5.30. The molecule has 1 aliphatic carbocycles. The van der Waals surface area contributed by atoms with E-state index in [-0.39, 0.29) is 0 Å². The van der Waals surface area contributed by atoms with E-state index in [4.69, 9.17) is 0 Å². The quantitative estimate of drug-likeness (QED) is 0.351. The van der Waals surface area contributed by atoms with Gasteiger partial charge in [-0.25, -0.2) is 0 Å². The fourth-order valence-corrected chi connectivity index (χ4v) is 2.54. The molecule has 0 atom stereocenters. The molecule has 0 spiro atoms. The summed E-state index contributed by atoms with van der Waals surface area (Å²) in [4.78, 5) is 0. The van der Waals surface area contributed by atoms with Crippen molar-refractivity contribution >= 4 is 21.5 Å². The first-order valence-electron chi connectivity index (χ1n) is 6.97. The molecule has 0 heteroatoms. The zero-order valence-electron chi connectivity index (χ0n) is 11.0. The van der Waals surface area contributed by atoms with Crippen LogP contribution in [-0.4, -0.2) is 0 Å². The van der Waals surface area contributed by atoms with Crippen LogP contribution in [-0.2, 0) is 0 Å². The molecule has 0 radical (unpaired) electrons. The Kier molecular flexibility index (Phi) is 3.60. The topological polar surface area (TPSA) is 0 Å². The Morgan fingerprint density at radius 3 is 1.42 bits per heavy atom. The van der Waals surface area contributed by atoms with Gasteiger partial charge >= 0.3 is 0 Å². The van der Waals surface area contributed by atoms with Crippen LogP contribution in [0.2, 0.25) is 0 Å². The van der Waals surface area contributed by atoms with Gasteiger partial charge in [0.05, 0.1) is 0 Å². The molecule has 19 heavy (non-hydrogen) atoms. The molecule has 0 aromatic heterocycles. The van der Waals surface area contributed by atoms with Gasteiger partial charge in [-0.05, 0) is 40.8 Å². The van der Waals surface area contributed by atoms with Gasteiger partial charge in [0.2, 0.25) is 0 Å². The van der Waals surface area contributed by atoms with Crippen molar-refractivity contribution < 1.29 is 0 Å². The van der Waals surface area contributed by atoms with Crippen LogP contribution in [0.15, 0.2) is 72.8 Å². The molecular weight excluding hydrogens is 228 g/mol. The second-order valence-corrected chi connectivity index (χ2v) is 4.91. The van der Waals surface area contributed by atoms with Gasteiger partial charge in [0.15, 0.2) is 0 Å². The summed E-state index contributed by atoms with van der Waals surface area (Å²) in [6.07, 6.45) is 8.50. The fourth-order valence-electron chi connectivity index (χ4n) is 2.54. The first kappa shape index (κ1) is 12.0.